The number of hydrogen-bond acceptors (Lipinski definition) is 5. The zero-order chi connectivity index (χ0) is 14.5. The van der Waals surface area contributed by atoms with Gasteiger partial charge in [0.2, 0.25) is 17.7 Å². The molecule has 0 aromatic carbocycles. The molecule has 7 heteroatoms. The summed E-state index contributed by atoms with van der Waals surface area (Å²) < 4.78 is 0. The molecular formula is C13H22N4O3. The van der Waals surface area contributed by atoms with E-state index in [1.54, 1.807) is 0 Å². The third kappa shape index (κ3) is 4.01. The molecule has 0 aliphatic carbocycles. The van der Waals surface area contributed by atoms with Crippen molar-refractivity contribution in [1.29, 1.82) is 0 Å². The van der Waals surface area contributed by atoms with Crippen molar-refractivity contribution in [3.05, 3.63) is 0 Å². The minimum Gasteiger partial charge on any atom is -0.333 e. The Balaban J connectivity index is 1.69. The molecule has 0 bridgehead atoms. The molecule has 2 heterocycles. The van der Waals surface area contributed by atoms with E-state index in [2.05, 4.69) is 5.32 Å². The Morgan fingerprint density at radius 2 is 2.00 bits per heavy atom. The lowest BCUT2D eigenvalue weighted by molar-refractivity contribution is -0.136. The van der Waals surface area contributed by atoms with Crippen molar-refractivity contribution < 1.29 is 14.4 Å². The van der Waals surface area contributed by atoms with Crippen molar-refractivity contribution in [2.24, 2.45) is 11.7 Å². The van der Waals surface area contributed by atoms with Gasteiger partial charge in [-0.25, -0.2) is 0 Å². The molecule has 3 N–H and O–H groups in total. The second-order valence-electron chi connectivity index (χ2n) is 5.52. The van der Waals surface area contributed by atoms with E-state index in [1.807, 2.05) is 4.90 Å². The maximum atomic E-state index is 11.8. The standard InChI is InChI=1S/C13H22N4O3/c14-6-10-3-5-16(7-10)8-11(18)15-12(19)9-17-4-1-2-13(17)20/h10H,1-9,14H2,(H,15,18,19). The lowest BCUT2D eigenvalue weighted by Crippen LogP contribution is -2.44. The van der Waals surface area contributed by atoms with E-state index < -0.39 is 5.91 Å². The van der Waals surface area contributed by atoms with E-state index in [0.717, 1.165) is 25.9 Å². The van der Waals surface area contributed by atoms with Crippen molar-refractivity contribution in [3.63, 3.8) is 0 Å². The van der Waals surface area contributed by atoms with E-state index in [4.69, 9.17) is 5.73 Å². The molecule has 2 fully saturated rings. The average Bonchev–Trinajstić information content (AvgIpc) is 2.99. The molecule has 2 saturated heterocycles. The van der Waals surface area contributed by atoms with Gasteiger partial charge in [-0.3, -0.25) is 24.6 Å². The summed E-state index contributed by atoms with van der Waals surface area (Å²) >= 11 is 0. The van der Waals surface area contributed by atoms with Crippen LogP contribution in [0.25, 0.3) is 0 Å². The Bertz CT molecular complexity index is 399. The number of likely N-dealkylation sites (tertiary alicyclic amines) is 2. The van der Waals surface area contributed by atoms with Crippen LogP contribution in [0.2, 0.25) is 0 Å². The van der Waals surface area contributed by atoms with Gasteiger partial charge in [0.1, 0.15) is 0 Å². The number of imide groups is 1. The van der Waals surface area contributed by atoms with Gasteiger partial charge in [0, 0.05) is 19.5 Å². The number of carbonyl (C=O) groups is 3. The largest absolute Gasteiger partial charge is 0.333 e. The van der Waals surface area contributed by atoms with Gasteiger partial charge in [0.15, 0.2) is 0 Å². The molecule has 2 aliphatic rings. The molecule has 1 unspecified atom stereocenters. The number of amides is 3. The smallest absolute Gasteiger partial charge is 0.246 e. The Kier molecular flexibility index (Phi) is 5.08. The van der Waals surface area contributed by atoms with Crippen LogP contribution in [0.3, 0.4) is 0 Å². The third-order valence-corrected chi connectivity index (χ3v) is 3.86. The minimum atomic E-state index is -0.403. The summed E-state index contributed by atoms with van der Waals surface area (Å²) in [6.45, 7) is 3.09. The third-order valence-electron chi connectivity index (χ3n) is 3.86. The van der Waals surface area contributed by atoms with Crippen molar-refractivity contribution in [2.75, 3.05) is 39.3 Å². The fraction of sp³-hybridized carbons (Fsp3) is 0.769. The van der Waals surface area contributed by atoms with E-state index in [9.17, 15) is 14.4 Å². The molecule has 0 radical (unpaired) electrons. The lowest BCUT2D eigenvalue weighted by atomic mass is 10.1. The maximum Gasteiger partial charge on any atom is 0.246 e. The first-order valence-corrected chi connectivity index (χ1v) is 7.11. The second kappa shape index (κ2) is 6.81. The van der Waals surface area contributed by atoms with Crippen LogP contribution in [0, 0.1) is 5.92 Å². The summed E-state index contributed by atoms with van der Waals surface area (Å²) in [4.78, 5) is 38.3. The van der Waals surface area contributed by atoms with Crippen LogP contribution in [0.15, 0.2) is 0 Å². The monoisotopic (exact) mass is 282 g/mol. The first-order chi connectivity index (χ1) is 9.58. The average molecular weight is 282 g/mol. The van der Waals surface area contributed by atoms with Crippen LogP contribution < -0.4 is 11.1 Å². The normalized spacial score (nSPS) is 23.4. The first kappa shape index (κ1) is 14.9. The van der Waals surface area contributed by atoms with Crippen LogP contribution in [0.1, 0.15) is 19.3 Å². The Labute approximate surface area is 118 Å². The quantitative estimate of drug-likeness (QED) is 0.642. The summed E-state index contributed by atoms with van der Waals surface area (Å²) in [5.74, 6) is -0.280. The highest BCUT2D eigenvalue weighted by atomic mass is 16.2. The Hall–Kier alpha value is -1.47. The van der Waals surface area contributed by atoms with Gasteiger partial charge in [0.25, 0.3) is 0 Å². The number of rotatable bonds is 5. The molecule has 7 nitrogen and oxygen atoms in total. The van der Waals surface area contributed by atoms with Crippen LogP contribution >= 0.6 is 0 Å². The van der Waals surface area contributed by atoms with E-state index in [-0.39, 0.29) is 24.9 Å². The second-order valence-corrected chi connectivity index (χ2v) is 5.52. The fourth-order valence-electron chi connectivity index (χ4n) is 2.73. The molecular weight excluding hydrogens is 260 g/mol. The highest BCUT2D eigenvalue weighted by Crippen LogP contribution is 2.13. The predicted molar refractivity (Wildman–Crippen MR) is 72.6 cm³/mol. The molecule has 2 rings (SSSR count). The molecule has 112 valence electrons. The lowest BCUT2D eigenvalue weighted by Gasteiger charge is -2.17. The molecule has 0 saturated carbocycles. The number of nitrogens with one attached hydrogen (secondary N) is 1. The SMILES string of the molecule is NCC1CCN(CC(=O)NC(=O)CN2CCCC2=O)C1. The highest BCUT2D eigenvalue weighted by molar-refractivity contribution is 5.98. The zero-order valence-electron chi connectivity index (χ0n) is 11.6. The summed E-state index contributed by atoms with van der Waals surface area (Å²) in [6.07, 6.45) is 2.28. The highest BCUT2D eigenvalue weighted by Gasteiger charge is 2.25. The Morgan fingerprint density at radius 3 is 2.60 bits per heavy atom. The van der Waals surface area contributed by atoms with Crippen molar-refractivity contribution in [2.45, 2.75) is 19.3 Å². The molecule has 0 aromatic heterocycles. The van der Waals surface area contributed by atoms with Crippen LogP contribution in [0.4, 0.5) is 0 Å². The molecule has 1 atom stereocenters. The Morgan fingerprint density at radius 1 is 1.25 bits per heavy atom. The van der Waals surface area contributed by atoms with Crippen molar-refractivity contribution in [3.8, 4) is 0 Å². The van der Waals surface area contributed by atoms with Gasteiger partial charge in [-0.05, 0) is 31.8 Å². The van der Waals surface area contributed by atoms with Gasteiger partial charge in [0.05, 0.1) is 13.1 Å². The molecule has 0 spiro atoms. The summed E-state index contributed by atoms with van der Waals surface area (Å²) in [7, 11) is 0. The predicted octanol–water partition coefficient (Wildman–Crippen LogP) is -1.47. The van der Waals surface area contributed by atoms with Gasteiger partial charge in [-0.1, -0.05) is 0 Å². The summed E-state index contributed by atoms with van der Waals surface area (Å²) in [5.41, 5.74) is 5.59. The van der Waals surface area contributed by atoms with Gasteiger partial charge in [-0.2, -0.15) is 0 Å². The van der Waals surface area contributed by atoms with Crippen LogP contribution in [0.5, 0.6) is 0 Å². The van der Waals surface area contributed by atoms with E-state index in [0.29, 0.717) is 25.4 Å². The van der Waals surface area contributed by atoms with Crippen LogP contribution in [-0.4, -0.2) is 66.8 Å². The van der Waals surface area contributed by atoms with Gasteiger partial charge >= 0.3 is 0 Å². The van der Waals surface area contributed by atoms with Crippen molar-refractivity contribution >= 4 is 17.7 Å². The number of nitrogens with two attached hydrogens (primary N) is 1. The van der Waals surface area contributed by atoms with Gasteiger partial charge in [-0.15, -0.1) is 0 Å². The maximum absolute atomic E-state index is 11.8. The first-order valence-electron chi connectivity index (χ1n) is 7.11. The topological polar surface area (TPSA) is 95.7 Å². The summed E-state index contributed by atoms with van der Waals surface area (Å²) in [6, 6.07) is 0. The zero-order valence-corrected chi connectivity index (χ0v) is 11.6. The molecule has 0 aromatic rings. The number of nitrogens with zero attached hydrogens (tertiary/aromatic N) is 2. The van der Waals surface area contributed by atoms with E-state index in [1.165, 1.54) is 4.90 Å². The molecule has 20 heavy (non-hydrogen) atoms. The van der Waals surface area contributed by atoms with E-state index >= 15 is 0 Å². The van der Waals surface area contributed by atoms with Crippen molar-refractivity contribution in [1.82, 2.24) is 15.1 Å². The van der Waals surface area contributed by atoms with Gasteiger partial charge < -0.3 is 10.6 Å². The van der Waals surface area contributed by atoms with Crippen LogP contribution in [-0.2, 0) is 14.4 Å². The fourth-order valence-corrected chi connectivity index (χ4v) is 2.73. The number of carbonyl (C=O) groups excluding carboxylic acids is 3. The number of hydrogen-bond donors (Lipinski definition) is 2. The summed E-state index contributed by atoms with van der Waals surface area (Å²) in [5, 5.41) is 2.34. The minimum absolute atomic E-state index is 0.0158. The molecule has 3 amide bonds. The molecule has 2 aliphatic heterocycles.